The maximum atomic E-state index is 8.83. The van der Waals surface area contributed by atoms with Gasteiger partial charge in [0.1, 0.15) is 0 Å². The summed E-state index contributed by atoms with van der Waals surface area (Å²) in [5.74, 6) is 0. The summed E-state index contributed by atoms with van der Waals surface area (Å²) < 4.78 is 0. The maximum absolute atomic E-state index is 8.83. The van der Waals surface area contributed by atoms with Crippen LogP contribution in [0.25, 0.3) is 0 Å². The van der Waals surface area contributed by atoms with Crippen molar-refractivity contribution in [2.24, 2.45) is 0 Å². The van der Waals surface area contributed by atoms with Crippen molar-refractivity contribution < 1.29 is 5.11 Å². The molecule has 2 N–H and O–H groups in total. The highest BCUT2D eigenvalue weighted by Crippen LogP contribution is 2.13. The average Bonchev–Trinajstić information content (AvgIpc) is 2.18. The minimum Gasteiger partial charge on any atom is -0.396 e. The largest absolute Gasteiger partial charge is 0.396 e. The van der Waals surface area contributed by atoms with Crippen molar-refractivity contribution in [3.8, 4) is 0 Å². The molecule has 1 saturated heterocycles. The lowest BCUT2D eigenvalue weighted by Crippen LogP contribution is -2.47. The predicted molar refractivity (Wildman–Crippen MR) is 64.0 cm³/mol. The molecule has 0 unspecified atom stereocenters. The Hall–Kier alpha value is -0.120. The smallest absolute Gasteiger partial charge is 0.0445 e. The summed E-state index contributed by atoms with van der Waals surface area (Å²) in [4.78, 5) is 2.54. The summed E-state index contributed by atoms with van der Waals surface area (Å²) in [6.07, 6.45) is 3.35. The van der Waals surface area contributed by atoms with Crippen LogP contribution in [0.15, 0.2) is 0 Å². The summed E-state index contributed by atoms with van der Waals surface area (Å²) in [6, 6.07) is 1.79. The van der Waals surface area contributed by atoms with Crippen LogP contribution in [0.4, 0.5) is 0 Å². The van der Waals surface area contributed by atoms with Gasteiger partial charge in [-0.15, -0.1) is 0 Å². The van der Waals surface area contributed by atoms with Crippen LogP contribution >= 0.6 is 0 Å². The van der Waals surface area contributed by atoms with Crippen molar-refractivity contribution >= 4 is 0 Å². The molecule has 1 rings (SSSR count). The minimum atomic E-state index is 0.291. The van der Waals surface area contributed by atoms with Crippen LogP contribution in [-0.4, -0.2) is 47.8 Å². The van der Waals surface area contributed by atoms with Gasteiger partial charge in [-0.25, -0.2) is 0 Å². The number of aliphatic hydroxyl groups excluding tert-OH is 1. The molecule has 0 radical (unpaired) electrons. The number of nitrogens with zero attached hydrogens (tertiary/aromatic N) is 1. The highest BCUT2D eigenvalue weighted by Gasteiger charge is 2.21. The van der Waals surface area contributed by atoms with Crippen molar-refractivity contribution in [3.05, 3.63) is 0 Å². The summed E-state index contributed by atoms with van der Waals surface area (Å²) >= 11 is 0. The van der Waals surface area contributed by atoms with Crippen molar-refractivity contribution in [2.75, 3.05) is 19.7 Å². The second-order valence-electron chi connectivity index (χ2n) is 4.98. The summed E-state index contributed by atoms with van der Waals surface area (Å²) in [5.41, 5.74) is 0. The van der Waals surface area contributed by atoms with E-state index in [1.165, 1.54) is 25.9 Å². The van der Waals surface area contributed by atoms with E-state index in [0.29, 0.717) is 24.7 Å². The molecule has 90 valence electrons. The normalized spacial score (nSPS) is 22.2. The van der Waals surface area contributed by atoms with Gasteiger partial charge in [-0.05, 0) is 53.1 Å². The molecule has 3 heteroatoms. The molecule has 1 aliphatic heterocycles. The lowest BCUT2D eigenvalue weighted by molar-refractivity contribution is 0.154. The number of rotatable bonds is 5. The van der Waals surface area contributed by atoms with E-state index in [2.05, 4.69) is 31.0 Å². The van der Waals surface area contributed by atoms with Crippen molar-refractivity contribution in [3.63, 3.8) is 0 Å². The average molecular weight is 214 g/mol. The third kappa shape index (κ3) is 4.49. The van der Waals surface area contributed by atoms with E-state index in [0.717, 1.165) is 6.42 Å². The van der Waals surface area contributed by atoms with Gasteiger partial charge in [-0.1, -0.05) is 0 Å². The number of piperidine rings is 1. The van der Waals surface area contributed by atoms with Gasteiger partial charge in [-0.2, -0.15) is 0 Å². The molecular weight excluding hydrogens is 188 g/mol. The standard InChI is InChI=1S/C12H26N2O/c1-10(2)14-7-4-12(5-8-14)13-11(3)6-9-15/h10-13,15H,4-9H2,1-3H3/t11-/m1/s1. The fourth-order valence-electron chi connectivity index (χ4n) is 2.26. The van der Waals surface area contributed by atoms with Crippen molar-refractivity contribution in [2.45, 2.75) is 58.2 Å². The summed E-state index contributed by atoms with van der Waals surface area (Å²) in [7, 11) is 0. The quantitative estimate of drug-likeness (QED) is 0.722. The molecule has 0 aromatic heterocycles. The third-order valence-electron chi connectivity index (χ3n) is 3.34. The van der Waals surface area contributed by atoms with E-state index in [9.17, 15) is 0 Å². The van der Waals surface area contributed by atoms with Gasteiger partial charge < -0.3 is 15.3 Å². The van der Waals surface area contributed by atoms with E-state index in [1.54, 1.807) is 0 Å². The number of likely N-dealkylation sites (tertiary alicyclic amines) is 1. The molecule has 15 heavy (non-hydrogen) atoms. The number of hydrogen-bond acceptors (Lipinski definition) is 3. The Kier molecular flexibility index (Phi) is 5.58. The molecule has 1 heterocycles. The summed E-state index contributed by atoms with van der Waals surface area (Å²) in [5, 5.41) is 12.4. The second kappa shape index (κ2) is 6.46. The second-order valence-corrected chi connectivity index (χ2v) is 4.98. The van der Waals surface area contributed by atoms with Gasteiger partial charge >= 0.3 is 0 Å². The van der Waals surface area contributed by atoms with Crippen LogP contribution in [0.3, 0.4) is 0 Å². The number of aliphatic hydroxyl groups is 1. The Labute approximate surface area is 93.9 Å². The zero-order chi connectivity index (χ0) is 11.3. The number of nitrogens with one attached hydrogen (secondary N) is 1. The molecule has 0 aromatic carbocycles. The Morgan fingerprint density at radius 2 is 1.87 bits per heavy atom. The molecule has 0 amide bonds. The molecule has 1 aliphatic rings. The Morgan fingerprint density at radius 1 is 1.27 bits per heavy atom. The first-order valence-electron chi connectivity index (χ1n) is 6.24. The lowest BCUT2D eigenvalue weighted by Gasteiger charge is -2.36. The van der Waals surface area contributed by atoms with Crippen LogP contribution in [0.5, 0.6) is 0 Å². The summed E-state index contributed by atoms with van der Waals surface area (Å²) in [6.45, 7) is 9.40. The SMILES string of the molecule is CC(C)N1CCC(N[C@H](C)CCO)CC1. The highest BCUT2D eigenvalue weighted by molar-refractivity contribution is 4.80. The zero-order valence-corrected chi connectivity index (χ0v) is 10.4. The van der Waals surface area contributed by atoms with Crippen molar-refractivity contribution in [1.82, 2.24) is 10.2 Å². The molecule has 1 atom stereocenters. The highest BCUT2D eigenvalue weighted by atomic mass is 16.3. The molecular formula is C12H26N2O. The fraction of sp³-hybridized carbons (Fsp3) is 1.00. The van der Waals surface area contributed by atoms with Crippen LogP contribution in [0, 0.1) is 0 Å². The van der Waals surface area contributed by atoms with E-state index < -0.39 is 0 Å². The first-order chi connectivity index (χ1) is 7.13. The van der Waals surface area contributed by atoms with Gasteiger partial charge in [-0.3, -0.25) is 0 Å². The molecule has 0 saturated carbocycles. The van der Waals surface area contributed by atoms with Crippen LogP contribution < -0.4 is 5.32 Å². The van der Waals surface area contributed by atoms with Gasteiger partial charge in [0.15, 0.2) is 0 Å². The van der Waals surface area contributed by atoms with Crippen LogP contribution in [0.1, 0.15) is 40.0 Å². The first-order valence-corrected chi connectivity index (χ1v) is 6.24. The Balaban J connectivity index is 2.19. The Bertz CT molecular complexity index is 165. The molecule has 0 bridgehead atoms. The fourth-order valence-corrected chi connectivity index (χ4v) is 2.26. The van der Waals surface area contributed by atoms with Crippen LogP contribution in [0.2, 0.25) is 0 Å². The topological polar surface area (TPSA) is 35.5 Å². The first kappa shape index (κ1) is 12.9. The maximum Gasteiger partial charge on any atom is 0.0445 e. The van der Waals surface area contributed by atoms with E-state index in [4.69, 9.17) is 5.11 Å². The lowest BCUT2D eigenvalue weighted by atomic mass is 10.0. The predicted octanol–water partition coefficient (Wildman–Crippen LogP) is 1.22. The molecule has 0 aromatic rings. The van der Waals surface area contributed by atoms with Gasteiger partial charge in [0.05, 0.1) is 0 Å². The minimum absolute atomic E-state index is 0.291. The van der Waals surface area contributed by atoms with Gasteiger partial charge in [0.25, 0.3) is 0 Å². The van der Waals surface area contributed by atoms with Gasteiger partial charge in [0, 0.05) is 24.7 Å². The van der Waals surface area contributed by atoms with E-state index in [-0.39, 0.29) is 0 Å². The zero-order valence-electron chi connectivity index (χ0n) is 10.4. The number of hydrogen-bond donors (Lipinski definition) is 2. The molecule has 3 nitrogen and oxygen atoms in total. The van der Waals surface area contributed by atoms with Crippen LogP contribution in [-0.2, 0) is 0 Å². The monoisotopic (exact) mass is 214 g/mol. The molecule has 0 spiro atoms. The van der Waals surface area contributed by atoms with E-state index in [1.807, 2.05) is 0 Å². The molecule has 0 aliphatic carbocycles. The van der Waals surface area contributed by atoms with E-state index >= 15 is 0 Å². The van der Waals surface area contributed by atoms with Gasteiger partial charge in [0.2, 0.25) is 0 Å². The Morgan fingerprint density at radius 3 is 2.33 bits per heavy atom. The van der Waals surface area contributed by atoms with Crippen molar-refractivity contribution in [1.29, 1.82) is 0 Å². The third-order valence-corrected chi connectivity index (χ3v) is 3.34. The molecule has 1 fully saturated rings.